The van der Waals surface area contributed by atoms with Crippen molar-refractivity contribution in [3.63, 3.8) is 0 Å². The Morgan fingerprint density at radius 1 is 1.17 bits per heavy atom. The van der Waals surface area contributed by atoms with Crippen molar-refractivity contribution >= 4 is 22.6 Å². The first-order valence-electron chi connectivity index (χ1n) is 8.15. The number of nitrogens with one attached hydrogen (secondary N) is 1. The Morgan fingerprint density at radius 2 is 1.96 bits per heavy atom. The van der Waals surface area contributed by atoms with E-state index in [1.165, 1.54) is 5.39 Å². The fraction of sp³-hybridized carbons (Fsp3) is 0.368. The summed E-state index contributed by atoms with van der Waals surface area (Å²) < 4.78 is 5.30. The van der Waals surface area contributed by atoms with Crippen LogP contribution in [-0.4, -0.2) is 35.7 Å². The summed E-state index contributed by atoms with van der Waals surface area (Å²) in [6, 6.07) is 14.3. The second kappa shape index (κ2) is 7.01. The minimum Gasteiger partial charge on any atom is -0.481 e. The number of benzene rings is 2. The van der Waals surface area contributed by atoms with Gasteiger partial charge in [0.1, 0.15) is 0 Å². The van der Waals surface area contributed by atoms with Crippen molar-refractivity contribution in [2.24, 2.45) is 0 Å². The molecule has 0 aliphatic carbocycles. The molecule has 1 atom stereocenters. The number of fused-ring (bicyclic) bond motifs is 1. The number of aliphatic carboxylic acids is 1. The molecule has 1 heterocycles. The van der Waals surface area contributed by atoms with Gasteiger partial charge < -0.3 is 15.2 Å². The Balaban J connectivity index is 1.60. The fourth-order valence-electron chi connectivity index (χ4n) is 3.19. The third-order valence-corrected chi connectivity index (χ3v) is 4.45. The van der Waals surface area contributed by atoms with Crippen LogP contribution in [0.3, 0.4) is 0 Å². The van der Waals surface area contributed by atoms with E-state index < -0.39 is 11.5 Å². The molecule has 1 saturated heterocycles. The van der Waals surface area contributed by atoms with E-state index in [-0.39, 0.29) is 18.9 Å². The van der Waals surface area contributed by atoms with Crippen LogP contribution in [-0.2, 0) is 20.7 Å². The molecule has 0 spiro atoms. The van der Waals surface area contributed by atoms with Crippen molar-refractivity contribution in [2.75, 3.05) is 13.2 Å². The number of carboxylic acid groups (broad SMARTS) is 1. The molecule has 5 nitrogen and oxygen atoms in total. The number of rotatable bonds is 6. The fourth-order valence-corrected chi connectivity index (χ4v) is 3.19. The summed E-state index contributed by atoms with van der Waals surface area (Å²) in [6.45, 7) is 0.749. The highest BCUT2D eigenvalue weighted by Gasteiger charge is 2.38. The van der Waals surface area contributed by atoms with Crippen molar-refractivity contribution < 1.29 is 19.4 Å². The van der Waals surface area contributed by atoms with Crippen molar-refractivity contribution in [3.8, 4) is 0 Å². The summed E-state index contributed by atoms with van der Waals surface area (Å²) in [4.78, 5) is 23.3. The zero-order valence-electron chi connectivity index (χ0n) is 13.5. The maximum absolute atomic E-state index is 12.3. The maximum Gasteiger partial charge on any atom is 0.305 e. The van der Waals surface area contributed by atoms with Gasteiger partial charge in [-0.2, -0.15) is 0 Å². The molecule has 1 amide bonds. The monoisotopic (exact) mass is 327 g/mol. The number of amides is 1. The second-order valence-corrected chi connectivity index (χ2v) is 6.38. The van der Waals surface area contributed by atoms with Gasteiger partial charge in [-0.3, -0.25) is 9.59 Å². The number of carboxylic acids is 1. The molecule has 5 heteroatoms. The Bertz CT molecular complexity index is 750. The van der Waals surface area contributed by atoms with E-state index >= 15 is 0 Å². The van der Waals surface area contributed by atoms with Crippen LogP contribution >= 0.6 is 0 Å². The number of ether oxygens (including phenoxy) is 1. The van der Waals surface area contributed by atoms with Crippen LogP contribution < -0.4 is 5.32 Å². The molecule has 3 rings (SSSR count). The predicted molar refractivity (Wildman–Crippen MR) is 90.8 cm³/mol. The molecular formula is C19H21NO4. The van der Waals surface area contributed by atoms with Gasteiger partial charge >= 0.3 is 5.97 Å². The lowest BCUT2D eigenvalue weighted by Gasteiger charge is -2.27. The van der Waals surface area contributed by atoms with E-state index in [4.69, 9.17) is 9.84 Å². The molecule has 2 aromatic carbocycles. The Kier molecular flexibility index (Phi) is 4.81. The molecule has 2 N–H and O–H groups in total. The average molecular weight is 327 g/mol. The van der Waals surface area contributed by atoms with Gasteiger partial charge in [0.2, 0.25) is 5.91 Å². The minimum atomic E-state index is -0.921. The Hall–Kier alpha value is -2.40. The maximum atomic E-state index is 12.3. The highest BCUT2D eigenvalue weighted by molar-refractivity contribution is 5.83. The van der Waals surface area contributed by atoms with Crippen LogP contribution in [0.15, 0.2) is 42.5 Å². The van der Waals surface area contributed by atoms with Gasteiger partial charge in [0.25, 0.3) is 0 Å². The van der Waals surface area contributed by atoms with Crippen molar-refractivity contribution in [2.45, 2.75) is 31.2 Å². The predicted octanol–water partition coefficient (Wildman–Crippen LogP) is 2.52. The number of aryl methyl sites for hydroxylation is 1. The highest BCUT2D eigenvalue weighted by atomic mass is 16.5. The van der Waals surface area contributed by atoms with Crippen LogP contribution in [0.2, 0.25) is 0 Å². The second-order valence-electron chi connectivity index (χ2n) is 6.38. The quantitative estimate of drug-likeness (QED) is 0.855. The van der Waals surface area contributed by atoms with Gasteiger partial charge in [0, 0.05) is 13.0 Å². The number of carbonyl (C=O) groups is 2. The first kappa shape index (κ1) is 16.5. The smallest absolute Gasteiger partial charge is 0.305 e. The molecule has 1 unspecified atom stereocenters. The van der Waals surface area contributed by atoms with E-state index in [1.807, 2.05) is 18.2 Å². The van der Waals surface area contributed by atoms with E-state index in [0.717, 1.165) is 10.9 Å². The molecule has 1 aliphatic rings. The minimum absolute atomic E-state index is 0.102. The first-order chi connectivity index (χ1) is 11.6. The van der Waals surface area contributed by atoms with Gasteiger partial charge in [-0.25, -0.2) is 0 Å². The van der Waals surface area contributed by atoms with Gasteiger partial charge in [0.15, 0.2) is 0 Å². The largest absolute Gasteiger partial charge is 0.481 e. The normalized spacial score (nSPS) is 20.2. The van der Waals surface area contributed by atoms with Crippen molar-refractivity contribution in [1.29, 1.82) is 0 Å². The summed E-state index contributed by atoms with van der Waals surface area (Å²) in [5.41, 5.74) is 0.338. The summed E-state index contributed by atoms with van der Waals surface area (Å²) in [6.07, 6.45) is 1.40. The van der Waals surface area contributed by atoms with E-state index in [1.54, 1.807) is 0 Å². The molecule has 2 aromatic rings. The van der Waals surface area contributed by atoms with E-state index in [9.17, 15) is 9.59 Å². The molecule has 1 aliphatic heterocycles. The van der Waals surface area contributed by atoms with Crippen LogP contribution in [0.25, 0.3) is 10.8 Å². The topological polar surface area (TPSA) is 75.6 Å². The van der Waals surface area contributed by atoms with Gasteiger partial charge in [-0.1, -0.05) is 42.5 Å². The van der Waals surface area contributed by atoms with Crippen molar-refractivity contribution in [1.82, 2.24) is 5.32 Å². The zero-order chi connectivity index (χ0) is 17.0. The summed E-state index contributed by atoms with van der Waals surface area (Å²) in [7, 11) is 0. The molecular weight excluding hydrogens is 306 g/mol. The molecule has 0 bridgehead atoms. The van der Waals surface area contributed by atoms with Crippen LogP contribution in [0.1, 0.15) is 24.8 Å². The zero-order valence-corrected chi connectivity index (χ0v) is 13.5. The summed E-state index contributed by atoms with van der Waals surface area (Å²) in [5, 5.41) is 14.3. The molecule has 0 aromatic heterocycles. The van der Waals surface area contributed by atoms with Crippen LogP contribution in [0, 0.1) is 0 Å². The van der Waals surface area contributed by atoms with Crippen molar-refractivity contribution in [3.05, 3.63) is 48.0 Å². The standard InChI is InChI=1S/C19H21NO4/c21-17(20-19(12-18(22)23)9-10-24-13-19)8-6-14-5-7-15-3-1-2-4-16(15)11-14/h1-5,7,11H,6,8-10,12-13H2,(H,20,21)(H,22,23). The number of hydrogen-bond acceptors (Lipinski definition) is 3. The third kappa shape index (κ3) is 3.92. The average Bonchev–Trinajstić information content (AvgIpc) is 3.00. The lowest BCUT2D eigenvalue weighted by molar-refractivity contribution is -0.139. The molecule has 0 saturated carbocycles. The van der Waals surface area contributed by atoms with Gasteiger partial charge in [-0.15, -0.1) is 0 Å². The highest BCUT2D eigenvalue weighted by Crippen LogP contribution is 2.23. The SMILES string of the molecule is O=C(O)CC1(NC(=O)CCc2ccc3ccccc3c2)CCOC1. The van der Waals surface area contributed by atoms with Gasteiger partial charge in [0.05, 0.1) is 18.6 Å². The van der Waals surface area contributed by atoms with E-state index in [2.05, 4.69) is 29.6 Å². The Morgan fingerprint density at radius 3 is 2.67 bits per heavy atom. The lowest BCUT2D eigenvalue weighted by Crippen LogP contribution is -2.50. The molecule has 1 fully saturated rings. The number of carbonyl (C=O) groups excluding carboxylic acids is 1. The Labute approximate surface area is 140 Å². The number of hydrogen-bond donors (Lipinski definition) is 2. The van der Waals surface area contributed by atoms with Crippen LogP contribution in [0.4, 0.5) is 0 Å². The van der Waals surface area contributed by atoms with Gasteiger partial charge in [-0.05, 0) is 29.2 Å². The first-order valence-corrected chi connectivity index (χ1v) is 8.15. The molecule has 0 radical (unpaired) electrons. The lowest BCUT2D eigenvalue weighted by atomic mass is 9.94. The third-order valence-electron chi connectivity index (χ3n) is 4.45. The van der Waals surface area contributed by atoms with Crippen LogP contribution in [0.5, 0.6) is 0 Å². The molecule has 24 heavy (non-hydrogen) atoms. The van der Waals surface area contributed by atoms with E-state index in [0.29, 0.717) is 25.9 Å². The summed E-state index contributed by atoms with van der Waals surface area (Å²) >= 11 is 0. The summed E-state index contributed by atoms with van der Waals surface area (Å²) in [5.74, 6) is -1.05. The molecule has 126 valence electrons.